The minimum absolute atomic E-state index is 0.187. The fourth-order valence-corrected chi connectivity index (χ4v) is 2.89. The monoisotopic (exact) mass is 401 g/mol. The third kappa shape index (κ3) is 6.04. The van der Waals surface area contributed by atoms with Gasteiger partial charge in [0.1, 0.15) is 0 Å². The highest BCUT2D eigenvalue weighted by Crippen LogP contribution is 2.31. The minimum atomic E-state index is -0.209. The molecule has 29 heavy (non-hydrogen) atoms. The van der Waals surface area contributed by atoms with Crippen LogP contribution < -0.4 is 24.3 Å². The molecule has 2 aromatic rings. The van der Waals surface area contributed by atoms with Gasteiger partial charge in [0.25, 0.3) is 5.91 Å². The van der Waals surface area contributed by atoms with Crippen molar-refractivity contribution in [1.82, 2.24) is 5.32 Å². The van der Waals surface area contributed by atoms with Crippen molar-refractivity contribution in [2.75, 3.05) is 26.4 Å². The summed E-state index contributed by atoms with van der Waals surface area (Å²) in [5.74, 6) is 2.38. The second-order valence-corrected chi connectivity index (χ2v) is 6.29. The molecule has 0 aromatic heterocycles. The van der Waals surface area contributed by atoms with Crippen molar-refractivity contribution in [2.24, 2.45) is 0 Å². The van der Waals surface area contributed by atoms with Crippen molar-refractivity contribution in [3.05, 3.63) is 47.5 Å². The molecule has 0 aliphatic heterocycles. The van der Waals surface area contributed by atoms with E-state index in [0.717, 1.165) is 5.56 Å². The molecular weight excluding hydrogens is 370 g/mol. The van der Waals surface area contributed by atoms with Gasteiger partial charge in [-0.05, 0) is 70.5 Å². The summed E-state index contributed by atoms with van der Waals surface area (Å²) in [5, 5.41) is 3.02. The van der Waals surface area contributed by atoms with Crippen LogP contribution in [0.15, 0.2) is 36.4 Å². The van der Waals surface area contributed by atoms with Gasteiger partial charge in [-0.2, -0.15) is 0 Å². The highest BCUT2D eigenvalue weighted by Gasteiger charge is 2.16. The van der Waals surface area contributed by atoms with Crippen LogP contribution in [0.3, 0.4) is 0 Å². The molecule has 2 aromatic carbocycles. The first kappa shape index (κ1) is 22.4. The molecule has 0 heterocycles. The second kappa shape index (κ2) is 11.2. The fourth-order valence-electron chi connectivity index (χ4n) is 2.89. The molecule has 6 heteroatoms. The number of nitrogens with one attached hydrogen (secondary N) is 1. The zero-order valence-electron chi connectivity index (χ0n) is 17.9. The van der Waals surface area contributed by atoms with Crippen LogP contribution in [0.25, 0.3) is 0 Å². The molecule has 158 valence electrons. The molecule has 0 saturated carbocycles. The van der Waals surface area contributed by atoms with E-state index in [2.05, 4.69) is 5.32 Å². The molecule has 1 amide bonds. The molecule has 1 N–H and O–H groups in total. The van der Waals surface area contributed by atoms with E-state index in [1.54, 1.807) is 18.2 Å². The molecule has 0 spiro atoms. The molecule has 1 unspecified atom stereocenters. The Morgan fingerprint density at radius 1 is 0.759 bits per heavy atom. The summed E-state index contributed by atoms with van der Waals surface area (Å²) < 4.78 is 22.5. The number of rotatable bonds is 11. The summed E-state index contributed by atoms with van der Waals surface area (Å²) >= 11 is 0. The van der Waals surface area contributed by atoms with Crippen molar-refractivity contribution in [1.29, 1.82) is 0 Å². The van der Waals surface area contributed by atoms with Crippen LogP contribution in [0, 0.1) is 0 Å². The summed E-state index contributed by atoms with van der Waals surface area (Å²) in [5.41, 5.74) is 1.45. The Labute approximate surface area is 173 Å². The number of ether oxygens (including phenoxy) is 4. The van der Waals surface area contributed by atoms with E-state index < -0.39 is 0 Å². The molecule has 2 rings (SSSR count). The van der Waals surface area contributed by atoms with Crippen molar-refractivity contribution >= 4 is 5.91 Å². The van der Waals surface area contributed by atoms with Gasteiger partial charge in [-0.1, -0.05) is 6.07 Å². The van der Waals surface area contributed by atoms with Gasteiger partial charge in [0, 0.05) is 5.56 Å². The van der Waals surface area contributed by atoms with Crippen LogP contribution in [0.4, 0.5) is 0 Å². The Balaban J connectivity index is 2.17. The molecule has 0 radical (unpaired) electrons. The van der Waals surface area contributed by atoms with Crippen LogP contribution in [0.1, 0.15) is 56.6 Å². The molecule has 6 nitrogen and oxygen atoms in total. The van der Waals surface area contributed by atoms with Crippen molar-refractivity contribution < 1.29 is 23.7 Å². The van der Waals surface area contributed by atoms with E-state index in [1.165, 1.54) is 0 Å². The topological polar surface area (TPSA) is 66.0 Å². The lowest BCUT2D eigenvalue weighted by Crippen LogP contribution is -2.26. The highest BCUT2D eigenvalue weighted by atomic mass is 16.5. The number of carbonyl (C=O) groups excluding carboxylic acids is 1. The quantitative estimate of drug-likeness (QED) is 0.587. The van der Waals surface area contributed by atoms with E-state index in [0.29, 0.717) is 55.0 Å². The number of hydrogen-bond donors (Lipinski definition) is 1. The largest absolute Gasteiger partial charge is 0.490 e. The number of amides is 1. The smallest absolute Gasteiger partial charge is 0.251 e. The van der Waals surface area contributed by atoms with Gasteiger partial charge in [-0.3, -0.25) is 4.79 Å². The average molecular weight is 402 g/mol. The maximum absolute atomic E-state index is 12.8. The molecule has 1 atom stereocenters. The molecular formula is C23H31NO5. The highest BCUT2D eigenvalue weighted by molar-refractivity contribution is 5.95. The fraction of sp³-hybridized carbons (Fsp3) is 0.435. The van der Waals surface area contributed by atoms with Crippen molar-refractivity contribution in [3.63, 3.8) is 0 Å². The Hall–Kier alpha value is -2.89. The van der Waals surface area contributed by atoms with Crippen LogP contribution >= 0.6 is 0 Å². The minimum Gasteiger partial charge on any atom is -0.490 e. The first-order valence-electron chi connectivity index (χ1n) is 10.1. The number of benzene rings is 2. The summed E-state index contributed by atoms with van der Waals surface area (Å²) in [6.45, 7) is 11.7. The number of hydrogen-bond acceptors (Lipinski definition) is 5. The Bertz CT molecular complexity index is 806. The summed E-state index contributed by atoms with van der Waals surface area (Å²) in [6.07, 6.45) is 0. The van der Waals surface area contributed by atoms with E-state index in [-0.39, 0.29) is 11.9 Å². The van der Waals surface area contributed by atoms with Crippen molar-refractivity contribution in [2.45, 2.75) is 40.7 Å². The van der Waals surface area contributed by atoms with Crippen LogP contribution in [0.2, 0.25) is 0 Å². The van der Waals surface area contributed by atoms with Gasteiger partial charge in [0.2, 0.25) is 0 Å². The van der Waals surface area contributed by atoms with E-state index >= 15 is 0 Å². The van der Waals surface area contributed by atoms with Crippen LogP contribution in [0.5, 0.6) is 23.0 Å². The van der Waals surface area contributed by atoms with Gasteiger partial charge in [0.15, 0.2) is 23.0 Å². The Kier molecular flexibility index (Phi) is 8.65. The van der Waals surface area contributed by atoms with Gasteiger partial charge in [0.05, 0.1) is 32.5 Å². The number of carbonyl (C=O) groups is 1. The van der Waals surface area contributed by atoms with E-state index in [9.17, 15) is 4.79 Å². The molecule has 0 bridgehead atoms. The van der Waals surface area contributed by atoms with Gasteiger partial charge in [-0.25, -0.2) is 0 Å². The normalized spacial score (nSPS) is 11.5. The van der Waals surface area contributed by atoms with E-state index in [4.69, 9.17) is 18.9 Å². The van der Waals surface area contributed by atoms with E-state index in [1.807, 2.05) is 52.8 Å². The lowest BCUT2D eigenvalue weighted by Gasteiger charge is -2.18. The summed E-state index contributed by atoms with van der Waals surface area (Å²) in [4.78, 5) is 12.8. The van der Waals surface area contributed by atoms with Crippen LogP contribution in [-0.4, -0.2) is 32.3 Å². The lowest BCUT2D eigenvalue weighted by molar-refractivity contribution is 0.0939. The lowest BCUT2D eigenvalue weighted by atomic mass is 10.1. The Morgan fingerprint density at radius 2 is 1.24 bits per heavy atom. The molecule has 0 aliphatic carbocycles. The zero-order chi connectivity index (χ0) is 21.2. The Morgan fingerprint density at radius 3 is 1.79 bits per heavy atom. The van der Waals surface area contributed by atoms with Crippen LogP contribution in [-0.2, 0) is 0 Å². The van der Waals surface area contributed by atoms with Gasteiger partial charge >= 0.3 is 0 Å². The molecule has 0 saturated heterocycles. The summed E-state index contributed by atoms with van der Waals surface area (Å²) in [6, 6.07) is 10.7. The maximum Gasteiger partial charge on any atom is 0.251 e. The van der Waals surface area contributed by atoms with Gasteiger partial charge < -0.3 is 24.3 Å². The molecule has 0 fully saturated rings. The predicted molar refractivity (Wildman–Crippen MR) is 113 cm³/mol. The average Bonchev–Trinajstić information content (AvgIpc) is 2.71. The third-order valence-electron chi connectivity index (χ3n) is 4.22. The van der Waals surface area contributed by atoms with Gasteiger partial charge in [-0.15, -0.1) is 0 Å². The maximum atomic E-state index is 12.8. The third-order valence-corrected chi connectivity index (χ3v) is 4.22. The first-order valence-corrected chi connectivity index (χ1v) is 10.1. The van der Waals surface area contributed by atoms with Crippen molar-refractivity contribution in [3.8, 4) is 23.0 Å². The summed E-state index contributed by atoms with van der Waals surface area (Å²) in [7, 11) is 0. The second-order valence-electron chi connectivity index (χ2n) is 6.29. The first-order chi connectivity index (χ1) is 14.0. The standard InChI is InChI=1S/C23H31NO5/c1-6-26-19-12-10-17(14-21(19)28-8-3)16(5)24-23(25)18-11-13-20(27-7-2)22(15-18)29-9-4/h10-16H,6-9H2,1-5H3,(H,24,25). The SMILES string of the molecule is CCOc1ccc(C(=O)NC(C)c2ccc(OCC)c(OCC)c2)cc1OCC. The molecule has 0 aliphatic rings. The predicted octanol–water partition coefficient (Wildman–Crippen LogP) is 4.77. The zero-order valence-corrected chi connectivity index (χ0v) is 17.9.